The first-order valence-corrected chi connectivity index (χ1v) is 8.91. The molecule has 0 aliphatic rings. The molecule has 0 N–H and O–H groups in total. The van der Waals surface area contributed by atoms with E-state index in [-0.39, 0.29) is 6.61 Å². The zero-order chi connectivity index (χ0) is 18.1. The van der Waals surface area contributed by atoms with Crippen molar-refractivity contribution in [1.29, 1.82) is 0 Å². The molecule has 0 saturated carbocycles. The van der Waals surface area contributed by atoms with E-state index >= 15 is 0 Å². The van der Waals surface area contributed by atoms with Crippen LogP contribution in [-0.2, 0) is 11.3 Å². The molecular formula is C20H15NO4S. The number of rotatable bonds is 4. The van der Waals surface area contributed by atoms with Gasteiger partial charge >= 0.3 is 11.6 Å². The lowest BCUT2D eigenvalue weighted by Crippen LogP contribution is -2.08. The Bertz CT molecular complexity index is 1140. The molecule has 0 aliphatic heterocycles. The SMILES string of the molecule is Cc1ccc2c(COC(=O)c3sccc3-n3cccc3)cc(=O)oc2c1. The second-order valence-electron chi connectivity index (χ2n) is 5.89. The van der Waals surface area contributed by atoms with Gasteiger partial charge in [0.15, 0.2) is 0 Å². The smallest absolute Gasteiger partial charge is 0.350 e. The van der Waals surface area contributed by atoms with Crippen LogP contribution in [0.4, 0.5) is 0 Å². The second-order valence-corrected chi connectivity index (χ2v) is 6.81. The van der Waals surface area contributed by atoms with Crippen LogP contribution in [-0.4, -0.2) is 10.5 Å². The first-order chi connectivity index (χ1) is 12.6. The third kappa shape index (κ3) is 3.07. The minimum atomic E-state index is -0.460. The Morgan fingerprint density at radius 1 is 1.19 bits per heavy atom. The van der Waals surface area contributed by atoms with Gasteiger partial charge in [0.1, 0.15) is 17.1 Å². The van der Waals surface area contributed by atoms with Crippen molar-refractivity contribution in [3.05, 3.63) is 86.7 Å². The van der Waals surface area contributed by atoms with E-state index in [9.17, 15) is 9.59 Å². The molecule has 130 valence electrons. The highest BCUT2D eigenvalue weighted by Crippen LogP contribution is 2.24. The van der Waals surface area contributed by atoms with Gasteiger partial charge in [0.25, 0.3) is 0 Å². The number of benzene rings is 1. The molecule has 5 nitrogen and oxygen atoms in total. The fourth-order valence-electron chi connectivity index (χ4n) is 2.82. The van der Waals surface area contributed by atoms with Crippen molar-refractivity contribution in [2.45, 2.75) is 13.5 Å². The molecule has 4 aromatic rings. The van der Waals surface area contributed by atoms with E-state index in [2.05, 4.69) is 0 Å². The summed E-state index contributed by atoms with van der Waals surface area (Å²) in [5.74, 6) is -0.419. The summed E-state index contributed by atoms with van der Waals surface area (Å²) < 4.78 is 12.6. The summed E-state index contributed by atoms with van der Waals surface area (Å²) in [5, 5.41) is 2.61. The van der Waals surface area contributed by atoms with E-state index in [0.717, 1.165) is 16.6 Å². The predicted octanol–water partition coefficient (Wildman–Crippen LogP) is 4.31. The van der Waals surface area contributed by atoms with Crippen LogP contribution >= 0.6 is 11.3 Å². The Morgan fingerprint density at radius 2 is 2.00 bits per heavy atom. The summed E-state index contributed by atoms with van der Waals surface area (Å²) in [5.41, 5.74) is 2.43. The number of nitrogens with zero attached hydrogens (tertiary/aromatic N) is 1. The van der Waals surface area contributed by atoms with Crippen LogP contribution in [0.5, 0.6) is 0 Å². The number of fused-ring (bicyclic) bond motifs is 1. The van der Waals surface area contributed by atoms with Gasteiger partial charge in [-0.05, 0) is 42.1 Å². The summed E-state index contributed by atoms with van der Waals surface area (Å²) >= 11 is 1.32. The van der Waals surface area contributed by atoms with Crippen molar-refractivity contribution in [1.82, 2.24) is 4.57 Å². The maximum Gasteiger partial charge on any atom is 0.350 e. The highest BCUT2D eigenvalue weighted by Gasteiger charge is 2.17. The first-order valence-electron chi connectivity index (χ1n) is 8.03. The molecule has 1 aromatic carbocycles. The highest BCUT2D eigenvalue weighted by atomic mass is 32.1. The molecule has 0 aliphatic carbocycles. The topological polar surface area (TPSA) is 61.4 Å². The molecule has 26 heavy (non-hydrogen) atoms. The average Bonchev–Trinajstić information content (AvgIpc) is 3.29. The Morgan fingerprint density at radius 3 is 2.81 bits per heavy atom. The first kappa shape index (κ1) is 16.4. The van der Waals surface area contributed by atoms with E-state index in [1.54, 1.807) is 6.07 Å². The van der Waals surface area contributed by atoms with Gasteiger partial charge in [0, 0.05) is 29.4 Å². The molecule has 0 spiro atoms. The van der Waals surface area contributed by atoms with Gasteiger partial charge in [-0.15, -0.1) is 11.3 Å². The van der Waals surface area contributed by atoms with Crippen LogP contribution in [0, 0.1) is 6.92 Å². The summed E-state index contributed by atoms with van der Waals surface area (Å²) in [6.07, 6.45) is 3.74. The van der Waals surface area contributed by atoms with Crippen LogP contribution in [0.3, 0.4) is 0 Å². The fourth-order valence-corrected chi connectivity index (χ4v) is 3.60. The largest absolute Gasteiger partial charge is 0.457 e. The Labute approximate surface area is 153 Å². The number of carbonyl (C=O) groups is 1. The van der Waals surface area contributed by atoms with Gasteiger partial charge in [-0.1, -0.05) is 12.1 Å². The molecule has 0 amide bonds. The number of thiophene rings is 1. The lowest BCUT2D eigenvalue weighted by Gasteiger charge is -2.08. The molecule has 3 heterocycles. The maximum atomic E-state index is 12.5. The Hall–Kier alpha value is -3.12. The Kier molecular flexibility index (Phi) is 4.18. The normalized spacial score (nSPS) is 11.0. The lowest BCUT2D eigenvalue weighted by atomic mass is 10.1. The lowest BCUT2D eigenvalue weighted by molar-refractivity contribution is 0.0479. The summed E-state index contributed by atoms with van der Waals surface area (Å²) in [7, 11) is 0. The summed E-state index contributed by atoms with van der Waals surface area (Å²) in [6, 6.07) is 12.6. The number of ether oxygens (including phenoxy) is 1. The molecule has 0 bridgehead atoms. The number of hydrogen-bond acceptors (Lipinski definition) is 5. The highest BCUT2D eigenvalue weighted by molar-refractivity contribution is 7.12. The number of aryl methyl sites for hydroxylation is 1. The number of esters is 1. The third-order valence-electron chi connectivity index (χ3n) is 4.06. The fraction of sp³-hybridized carbons (Fsp3) is 0.100. The monoisotopic (exact) mass is 365 g/mol. The van der Waals surface area contributed by atoms with E-state index in [1.165, 1.54) is 17.4 Å². The molecular weight excluding hydrogens is 350 g/mol. The van der Waals surface area contributed by atoms with Crippen molar-refractivity contribution in [2.75, 3.05) is 0 Å². The zero-order valence-electron chi connectivity index (χ0n) is 14.0. The maximum absolute atomic E-state index is 12.5. The number of aromatic nitrogens is 1. The molecule has 6 heteroatoms. The summed E-state index contributed by atoms with van der Waals surface area (Å²) in [4.78, 5) is 24.9. The van der Waals surface area contributed by atoms with Crippen molar-refractivity contribution in [2.24, 2.45) is 0 Å². The van der Waals surface area contributed by atoms with Crippen molar-refractivity contribution in [3.8, 4) is 5.69 Å². The number of hydrogen-bond donors (Lipinski definition) is 0. The third-order valence-corrected chi connectivity index (χ3v) is 4.94. The minimum absolute atomic E-state index is 0.00696. The van der Waals surface area contributed by atoms with Crippen molar-refractivity contribution >= 4 is 28.3 Å². The van der Waals surface area contributed by atoms with Gasteiger partial charge in [-0.3, -0.25) is 0 Å². The van der Waals surface area contributed by atoms with Gasteiger partial charge in [0.2, 0.25) is 0 Å². The van der Waals surface area contributed by atoms with Crippen molar-refractivity contribution < 1.29 is 13.9 Å². The van der Waals surface area contributed by atoms with E-state index in [0.29, 0.717) is 16.0 Å². The van der Waals surface area contributed by atoms with E-state index in [4.69, 9.17) is 9.15 Å². The second kappa shape index (κ2) is 6.65. The molecule has 3 aromatic heterocycles. The van der Waals surface area contributed by atoms with Crippen LogP contribution in [0.1, 0.15) is 20.8 Å². The minimum Gasteiger partial charge on any atom is -0.457 e. The Balaban J connectivity index is 1.61. The van der Waals surface area contributed by atoms with Crippen LogP contribution < -0.4 is 5.63 Å². The molecule has 0 unspecified atom stereocenters. The van der Waals surface area contributed by atoms with Crippen LogP contribution in [0.15, 0.2) is 69.5 Å². The van der Waals surface area contributed by atoms with Gasteiger partial charge in [-0.2, -0.15) is 0 Å². The summed E-state index contributed by atoms with van der Waals surface area (Å²) in [6.45, 7) is 1.93. The van der Waals surface area contributed by atoms with Gasteiger partial charge in [0.05, 0.1) is 5.69 Å². The van der Waals surface area contributed by atoms with Crippen LogP contribution in [0.25, 0.3) is 16.7 Å². The number of carbonyl (C=O) groups excluding carboxylic acids is 1. The predicted molar refractivity (Wildman–Crippen MR) is 100.0 cm³/mol. The molecule has 4 rings (SSSR count). The molecule has 0 radical (unpaired) electrons. The van der Waals surface area contributed by atoms with Gasteiger partial charge in [-0.25, -0.2) is 9.59 Å². The van der Waals surface area contributed by atoms with Gasteiger partial charge < -0.3 is 13.7 Å². The molecule has 0 fully saturated rings. The molecule has 0 atom stereocenters. The quantitative estimate of drug-likeness (QED) is 0.399. The zero-order valence-corrected chi connectivity index (χ0v) is 14.8. The van der Waals surface area contributed by atoms with E-state index in [1.807, 2.05) is 59.6 Å². The standard InChI is InChI=1S/C20H15NO4S/c1-13-4-5-15-14(11-18(22)25-17(15)10-13)12-24-20(23)19-16(6-9-26-19)21-7-2-3-8-21/h2-11H,12H2,1H3. The van der Waals surface area contributed by atoms with E-state index < -0.39 is 11.6 Å². The molecule has 0 saturated heterocycles. The van der Waals surface area contributed by atoms with Crippen molar-refractivity contribution in [3.63, 3.8) is 0 Å². The van der Waals surface area contributed by atoms with Crippen LogP contribution in [0.2, 0.25) is 0 Å². The average molecular weight is 365 g/mol.